The van der Waals surface area contributed by atoms with E-state index in [2.05, 4.69) is 29.0 Å². The molecule has 1 atom stereocenters. The SMILES string of the molecule is CCCC[C@H](CC)CNC(=S)N1CCN(c2ccc(O)cc2)CC1. The molecule has 0 saturated carbocycles. The Morgan fingerprint density at radius 1 is 1.17 bits per heavy atom. The number of phenolic OH excluding ortho intramolecular Hbond substituents is 1. The molecule has 0 spiro atoms. The van der Waals surface area contributed by atoms with E-state index >= 15 is 0 Å². The summed E-state index contributed by atoms with van der Waals surface area (Å²) >= 11 is 5.59. The lowest BCUT2D eigenvalue weighted by atomic mass is 9.99. The van der Waals surface area contributed by atoms with Crippen molar-refractivity contribution >= 4 is 23.0 Å². The molecule has 0 aliphatic carbocycles. The predicted molar refractivity (Wildman–Crippen MR) is 106 cm³/mol. The van der Waals surface area contributed by atoms with Crippen molar-refractivity contribution < 1.29 is 5.11 Å². The van der Waals surface area contributed by atoms with Gasteiger partial charge in [-0.05, 0) is 48.8 Å². The number of hydrogen-bond acceptors (Lipinski definition) is 3. The largest absolute Gasteiger partial charge is 0.508 e. The predicted octanol–water partition coefficient (Wildman–Crippen LogP) is 3.61. The maximum Gasteiger partial charge on any atom is 0.169 e. The number of aromatic hydroxyl groups is 1. The molecule has 1 aliphatic heterocycles. The van der Waals surface area contributed by atoms with Gasteiger partial charge in [-0.2, -0.15) is 0 Å². The average Bonchev–Trinajstić information content (AvgIpc) is 2.62. The van der Waals surface area contributed by atoms with Gasteiger partial charge in [-0.15, -0.1) is 0 Å². The number of benzene rings is 1. The molecular formula is C19H31N3OS. The summed E-state index contributed by atoms with van der Waals surface area (Å²) in [7, 11) is 0. The van der Waals surface area contributed by atoms with Gasteiger partial charge in [0.15, 0.2) is 5.11 Å². The van der Waals surface area contributed by atoms with E-state index in [1.165, 1.54) is 25.7 Å². The third kappa shape index (κ3) is 5.55. The van der Waals surface area contributed by atoms with E-state index in [4.69, 9.17) is 12.2 Å². The smallest absolute Gasteiger partial charge is 0.169 e. The highest BCUT2D eigenvalue weighted by Gasteiger charge is 2.19. The Kier molecular flexibility index (Phi) is 7.63. The molecule has 2 rings (SSSR count). The second-order valence-electron chi connectivity index (χ2n) is 6.59. The van der Waals surface area contributed by atoms with Gasteiger partial charge < -0.3 is 20.2 Å². The van der Waals surface area contributed by atoms with Gasteiger partial charge in [0.1, 0.15) is 5.75 Å². The molecule has 1 aromatic rings. The van der Waals surface area contributed by atoms with Crippen molar-refractivity contribution in [3.63, 3.8) is 0 Å². The fourth-order valence-electron chi connectivity index (χ4n) is 3.12. The first-order valence-electron chi connectivity index (χ1n) is 9.20. The fraction of sp³-hybridized carbons (Fsp3) is 0.632. The molecule has 4 nitrogen and oxygen atoms in total. The minimum Gasteiger partial charge on any atom is -0.508 e. The van der Waals surface area contributed by atoms with Crippen LogP contribution in [0.3, 0.4) is 0 Å². The normalized spacial score (nSPS) is 16.1. The van der Waals surface area contributed by atoms with Crippen LogP contribution < -0.4 is 10.2 Å². The van der Waals surface area contributed by atoms with Crippen molar-refractivity contribution in [1.82, 2.24) is 10.2 Å². The van der Waals surface area contributed by atoms with Gasteiger partial charge in [-0.25, -0.2) is 0 Å². The van der Waals surface area contributed by atoms with E-state index in [-0.39, 0.29) is 0 Å². The standard InChI is InChI=1S/C19H31N3OS/c1-3-5-6-16(4-2)15-20-19(24)22-13-11-21(12-14-22)17-7-9-18(23)10-8-17/h7-10,16,23H,3-6,11-15H2,1-2H3,(H,20,24)/t16-/m0/s1. The van der Waals surface area contributed by atoms with Gasteiger partial charge in [-0.3, -0.25) is 0 Å². The van der Waals surface area contributed by atoms with Crippen LogP contribution in [0.2, 0.25) is 0 Å². The molecule has 2 N–H and O–H groups in total. The van der Waals surface area contributed by atoms with Crippen molar-refractivity contribution in [1.29, 1.82) is 0 Å². The first-order chi connectivity index (χ1) is 11.6. The molecule has 1 saturated heterocycles. The minimum absolute atomic E-state index is 0.316. The number of piperazine rings is 1. The molecule has 1 aromatic carbocycles. The van der Waals surface area contributed by atoms with Crippen LogP contribution in [0.25, 0.3) is 0 Å². The molecule has 0 bridgehead atoms. The zero-order valence-corrected chi connectivity index (χ0v) is 15.8. The number of hydrogen-bond donors (Lipinski definition) is 2. The molecule has 24 heavy (non-hydrogen) atoms. The van der Waals surface area contributed by atoms with Crippen LogP contribution in [0, 0.1) is 5.92 Å². The van der Waals surface area contributed by atoms with Crippen LogP contribution >= 0.6 is 12.2 Å². The number of unbranched alkanes of at least 4 members (excludes halogenated alkanes) is 1. The minimum atomic E-state index is 0.316. The average molecular weight is 350 g/mol. The molecule has 5 heteroatoms. The highest BCUT2D eigenvalue weighted by atomic mass is 32.1. The third-order valence-electron chi connectivity index (χ3n) is 4.87. The van der Waals surface area contributed by atoms with Crippen molar-refractivity contribution in [2.24, 2.45) is 5.92 Å². The summed E-state index contributed by atoms with van der Waals surface area (Å²) < 4.78 is 0. The lowest BCUT2D eigenvalue weighted by Gasteiger charge is -2.37. The van der Waals surface area contributed by atoms with Crippen LogP contribution in [0.4, 0.5) is 5.69 Å². The van der Waals surface area contributed by atoms with Gasteiger partial charge in [0, 0.05) is 38.4 Å². The van der Waals surface area contributed by atoms with Gasteiger partial charge in [-0.1, -0.05) is 33.1 Å². The van der Waals surface area contributed by atoms with E-state index in [0.29, 0.717) is 5.75 Å². The van der Waals surface area contributed by atoms with E-state index in [0.717, 1.165) is 49.4 Å². The summed E-state index contributed by atoms with van der Waals surface area (Å²) in [5.41, 5.74) is 1.16. The topological polar surface area (TPSA) is 38.7 Å². The van der Waals surface area contributed by atoms with E-state index in [1.807, 2.05) is 12.1 Å². The Hall–Kier alpha value is -1.49. The van der Waals surface area contributed by atoms with Crippen LogP contribution in [-0.2, 0) is 0 Å². The lowest BCUT2D eigenvalue weighted by molar-refractivity contribution is 0.370. The van der Waals surface area contributed by atoms with Gasteiger partial charge in [0.2, 0.25) is 0 Å². The van der Waals surface area contributed by atoms with Crippen LogP contribution in [0.1, 0.15) is 39.5 Å². The van der Waals surface area contributed by atoms with Gasteiger partial charge in [0.05, 0.1) is 0 Å². The maximum absolute atomic E-state index is 9.40. The lowest BCUT2D eigenvalue weighted by Crippen LogP contribution is -2.52. The molecular weight excluding hydrogens is 318 g/mol. The number of anilines is 1. The Labute approximate surface area is 151 Å². The van der Waals surface area contributed by atoms with E-state index in [9.17, 15) is 5.11 Å². The Bertz CT molecular complexity index is 498. The van der Waals surface area contributed by atoms with Crippen molar-refractivity contribution in [3.05, 3.63) is 24.3 Å². The Morgan fingerprint density at radius 3 is 2.42 bits per heavy atom. The summed E-state index contributed by atoms with van der Waals surface area (Å²) in [4.78, 5) is 4.62. The summed E-state index contributed by atoms with van der Waals surface area (Å²) in [6, 6.07) is 7.44. The zero-order chi connectivity index (χ0) is 17.4. The number of thiocarbonyl (C=S) groups is 1. The zero-order valence-electron chi connectivity index (χ0n) is 15.0. The summed E-state index contributed by atoms with van der Waals surface area (Å²) in [6.07, 6.45) is 5.07. The molecule has 134 valence electrons. The van der Waals surface area contributed by atoms with Crippen LogP contribution in [-0.4, -0.2) is 47.8 Å². The van der Waals surface area contributed by atoms with Crippen molar-refractivity contribution in [3.8, 4) is 5.75 Å². The molecule has 0 aromatic heterocycles. The fourth-order valence-corrected chi connectivity index (χ4v) is 3.38. The first-order valence-corrected chi connectivity index (χ1v) is 9.61. The van der Waals surface area contributed by atoms with Crippen LogP contribution in [0.15, 0.2) is 24.3 Å². The van der Waals surface area contributed by atoms with Gasteiger partial charge >= 0.3 is 0 Å². The molecule has 1 aliphatic rings. The van der Waals surface area contributed by atoms with E-state index in [1.54, 1.807) is 12.1 Å². The number of nitrogens with one attached hydrogen (secondary N) is 1. The van der Waals surface area contributed by atoms with Crippen LogP contribution in [0.5, 0.6) is 5.75 Å². The summed E-state index contributed by atoms with van der Waals surface area (Å²) in [6.45, 7) is 9.31. The number of rotatable bonds is 7. The highest BCUT2D eigenvalue weighted by Crippen LogP contribution is 2.20. The molecule has 0 amide bonds. The van der Waals surface area contributed by atoms with E-state index < -0.39 is 0 Å². The monoisotopic (exact) mass is 349 g/mol. The molecule has 1 fully saturated rings. The van der Waals surface area contributed by atoms with Crippen molar-refractivity contribution in [2.75, 3.05) is 37.6 Å². The summed E-state index contributed by atoms with van der Waals surface area (Å²) in [5, 5.41) is 13.8. The highest BCUT2D eigenvalue weighted by molar-refractivity contribution is 7.80. The quantitative estimate of drug-likeness (QED) is 0.736. The Morgan fingerprint density at radius 2 is 1.83 bits per heavy atom. The second-order valence-corrected chi connectivity index (χ2v) is 6.98. The molecule has 1 heterocycles. The van der Waals surface area contributed by atoms with Crippen molar-refractivity contribution in [2.45, 2.75) is 39.5 Å². The Balaban J connectivity index is 1.75. The third-order valence-corrected chi connectivity index (χ3v) is 5.27. The van der Waals surface area contributed by atoms with Gasteiger partial charge in [0.25, 0.3) is 0 Å². The summed E-state index contributed by atoms with van der Waals surface area (Å²) in [5.74, 6) is 1.04. The second kappa shape index (κ2) is 9.72. The number of nitrogens with zero attached hydrogens (tertiary/aromatic N) is 2. The first kappa shape index (κ1) is 18.8. The number of phenols is 1. The maximum atomic E-state index is 9.40. The molecule has 0 radical (unpaired) electrons. The molecule has 0 unspecified atom stereocenters.